The van der Waals surface area contributed by atoms with Gasteiger partial charge in [-0.15, -0.1) is 0 Å². The predicted octanol–water partition coefficient (Wildman–Crippen LogP) is 2.25. The molecule has 2 fully saturated rings. The number of carbonyl (C=O) groups is 1. The Morgan fingerprint density at radius 2 is 1.90 bits per heavy atom. The molecule has 1 saturated heterocycles. The Morgan fingerprint density at radius 1 is 1.24 bits per heavy atom. The summed E-state index contributed by atoms with van der Waals surface area (Å²) >= 11 is 0. The van der Waals surface area contributed by atoms with Crippen molar-refractivity contribution in [2.24, 2.45) is 5.73 Å². The lowest BCUT2D eigenvalue weighted by Gasteiger charge is -2.37. The molecule has 122 valence electrons. The van der Waals surface area contributed by atoms with Crippen molar-refractivity contribution in [3.63, 3.8) is 0 Å². The van der Waals surface area contributed by atoms with Crippen LogP contribution in [0.4, 0.5) is 4.79 Å². The monoisotopic (exact) mass is 297 g/mol. The molecule has 2 rings (SSSR count). The third kappa shape index (κ3) is 4.58. The van der Waals surface area contributed by atoms with Crippen LogP contribution in [0, 0.1) is 0 Å². The largest absolute Gasteiger partial charge is 0.373 e. The van der Waals surface area contributed by atoms with Crippen LogP contribution >= 0.6 is 0 Å². The molecular formula is C16H31N3O2. The maximum absolute atomic E-state index is 12.3. The molecule has 5 nitrogen and oxygen atoms in total. The molecule has 2 aliphatic rings. The molecule has 0 aromatic rings. The minimum Gasteiger partial charge on any atom is -0.373 e. The van der Waals surface area contributed by atoms with Crippen molar-refractivity contribution in [1.82, 2.24) is 10.2 Å². The van der Waals surface area contributed by atoms with E-state index in [1.54, 1.807) is 0 Å². The van der Waals surface area contributed by atoms with Gasteiger partial charge in [0.05, 0.1) is 12.2 Å². The van der Waals surface area contributed by atoms with Crippen molar-refractivity contribution < 1.29 is 9.53 Å². The third-order valence-corrected chi connectivity index (χ3v) is 5.10. The van der Waals surface area contributed by atoms with E-state index in [1.165, 1.54) is 19.3 Å². The molecule has 0 radical (unpaired) electrons. The molecule has 21 heavy (non-hydrogen) atoms. The zero-order chi connectivity index (χ0) is 15.3. The fraction of sp³-hybridized carbons (Fsp3) is 0.938. The van der Waals surface area contributed by atoms with Gasteiger partial charge in [0.15, 0.2) is 0 Å². The number of nitrogens with two attached hydrogens (primary N) is 1. The second-order valence-electron chi connectivity index (χ2n) is 6.63. The highest BCUT2D eigenvalue weighted by atomic mass is 16.5. The van der Waals surface area contributed by atoms with Crippen molar-refractivity contribution >= 4 is 6.03 Å². The number of hydrogen-bond acceptors (Lipinski definition) is 3. The van der Waals surface area contributed by atoms with Crippen LogP contribution in [0.25, 0.3) is 0 Å². The molecule has 1 heterocycles. The van der Waals surface area contributed by atoms with Crippen LogP contribution < -0.4 is 11.1 Å². The number of hydrogen-bond donors (Lipinski definition) is 2. The summed E-state index contributed by atoms with van der Waals surface area (Å²) in [5.74, 6) is 0. The van der Waals surface area contributed by atoms with Crippen LogP contribution in [-0.2, 0) is 4.74 Å². The minimum atomic E-state index is -0.284. The third-order valence-electron chi connectivity index (χ3n) is 5.10. The highest BCUT2D eigenvalue weighted by molar-refractivity contribution is 5.74. The Labute approximate surface area is 128 Å². The lowest BCUT2D eigenvalue weighted by molar-refractivity contribution is -0.0720. The molecule has 0 aromatic heterocycles. The lowest BCUT2D eigenvalue weighted by atomic mass is 9.94. The van der Waals surface area contributed by atoms with Crippen molar-refractivity contribution in [3.05, 3.63) is 0 Å². The van der Waals surface area contributed by atoms with E-state index in [2.05, 4.69) is 19.2 Å². The van der Waals surface area contributed by atoms with Gasteiger partial charge in [0.25, 0.3) is 0 Å². The molecule has 0 spiro atoms. The number of nitrogens with one attached hydrogen (secondary N) is 1. The molecule has 1 unspecified atom stereocenters. The van der Waals surface area contributed by atoms with E-state index in [0.29, 0.717) is 12.6 Å². The first-order valence-electron chi connectivity index (χ1n) is 8.53. The van der Waals surface area contributed by atoms with Gasteiger partial charge in [-0.25, -0.2) is 4.79 Å². The van der Waals surface area contributed by atoms with Crippen molar-refractivity contribution in [3.8, 4) is 0 Å². The molecule has 2 amide bonds. The molecule has 0 aromatic carbocycles. The molecule has 1 saturated carbocycles. The summed E-state index contributed by atoms with van der Waals surface area (Å²) in [6.07, 6.45) is 8.16. The van der Waals surface area contributed by atoms with E-state index in [1.807, 2.05) is 4.90 Å². The number of nitrogens with zero attached hydrogens (tertiary/aromatic N) is 1. The topological polar surface area (TPSA) is 67.6 Å². The number of rotatable bonds is 6. The lowest BCUT2D eigenvalue weighted by Crippen LogP contribution is -2.54. The van der Waals surface area contributed by atoms with E-state index >= 15 is 0 Å². The van der Waals surface area contributed by atoms with Gasteiger partial charge >= 0.3 is 6.03 Å². The smallest absolute Gasteiger partial charge is 0.317 e. The van der Waals surface area contributed by atoms with Crippen LogP contribution in [0.1, 0.15) is 58.8 Å². The van der Waals surface area contributed by atoms with Gasteiger partial charge in [0.1, 0.15) is 0 Å². The van der Waals surface area contributed by atoms with E-state index in [9.17, 15) is 4.79 Å². The van der Waals surface area contributed by atoms with Gasteiger partial charge in [0, 0.05) is 25.2 Å². The molecule has 1 atom stereocenters. The minimum absolute atomic E-state index is 0.00799. The Morgan fingerprint density at radius 3 is 2.48 bits per heavy atom. The summed E-state index contributed by atoms with van der Waals surface area (Å²) in [4.78, 5) is 14.2. The van der Waals surface area contributed by atoms with E-state index < -0.39 is 0 Å². The molecular weight excluding hydrogens is 266 g/mol. The van der Waals surface area contributed by atoms with E-state index in [-0.39, 0.29) is 17.7 Å². The van der Waals surface area contributed by atoms with Gasteiger partial charge < -0.3 is 20.7 Å². The first-order valence-corrected chi connectivity index (χ1v) is 8.53. The summed E-state index contributed by atoms with van der Waals surface area (Å²) in [6, 6.07) is 0.00799. The van der Waals surface area contributed by atoms with Gasteiger partial charge in [-0.05, 0) is 44.9 Å². The average molecular weight is 297 g/mol. The van der Waals surface area contributed by atoms with Crippen LogP contribution in [-0.4, -0.2) is 48.3 Å². The summed E-state index contributed by atoms with van der Waals surface area (Å²) in [7, 11) is 0. The van der Waals surface area contributed by atoms with Crippen molar-refractivity contribution in [2.45, 2.75) is 76.5 Å². The average Bonchev–Trinajstić information content (AvgIpc) is 2.48. The van der Waals surface area contributed by atoms with Crippen molar-refractivity contribution in [1.29, 1.82) is 0 Å². The highest BCUT2D eigenvalue weighted by Crippen LogP contribution is 2.26. The highest BCUT2D eigenvalue weighted by Gasteiger charge is 2.29. The second kappa shape index (κ2) is 7.45. The first kappa shape index (κ1) is 16.6. The maximum atomic E-state index is 12.3. The van der Waals surface area contributed by atoms with E-state index in [4.69, 9.17) is 10.5 Å². The number of piperidine rings is 1. The molecule has 3 N–H and O–H groups in total. The van der Waals surface area contributed by atoms with Gasteiger partial charge in [-0.2, -0.15) is 0 Å². The Hall–Kier alpha value is -0.810. The molecule has 5 heteroatoms. The summed E-state index contributed by atoms with van der Waals surface area (Å²) < 4.78 is 6.05. The van der Waals surface area contributed by atoms with Crippen molar-refractivity contribution in [2.75, 3.05) is 19.6 Å². The van der Waals surface area contributed by atoms with Crippen LogP contribution in [0.3, 0.4) is 0 Å². The molecule has 1 aliphatic heterocycles. The summed E-state index contributed by atoms with van der Waals surface area (Å²) in [6.45, 7) is 6.23. The summed E-state index contributed by atoms with van der Waals surface area (Å²) in [5, 5.41) is 3.00. The van der Waals surface area contributed by atoms with Gasteiger partial charge in [0.2, 0.25) is 0 Å². The zero-order valence-corrected chi connectivity index (χ0v) is 13.6. The first-order chi connectivity index (χ1) is 10.1. The number of ether oxygens (including phenoxy) is 1. The summed E-state index contributed by atoms with van der Waals surface area (Å²) in [5.41, 5.74) is 5.95. The molecule has 0 bridgehead atoms. The zero-order valence-electron chi connectivity index (χ0n) is 13.6. The van der Waals surface area contributed by atoms with Gasteiger partial charge in [-0.3, -0.25) is 0 Å². The standard InChI is InChI=1S/C16H31N3O2/c1-3-16(17,4-2)12-18-15(20)19-10-6-9-14(11-19)21-13-7-5-8-13/h13-14H,3-12,17H2,1-2H3,(H,18,20). The second-order valence-corrected chi connectivity index (χ2v) is 6.63. The van der Waals surface area contributed by atoms with Crippen LogP contribution in [0.15, 0.2) is 0 Å². The SMILES string of the molecule is CCC(N)(CC)CNC(=O)N1CCCC(OC2CCC2)C1. The predicted molar refractivity (Wildman–Crippen MR) is 84.2 cm³/mol. The number of carbonyl (C=O) groups excluding carboxylic acids is 1. The fourth-order valence-corrected chi connectivity index (χ4v) is 2.88. The van der Waals surface area contributed by atoms with E-state index in [0.717, 1.165) is 38.8 Å². The Kier molecular flexibility index (Phi) is 5.88. The Balaban J connectivity index is 1.75. The van der Waals surface area contributed by atoms with Crippen LogP contribution in [0.2, 0.25) is 0 Å². The number of urea groups is 1. The Bertz CT molecular complexity index is 340. The van der Waals surface area contributed by atoms with Crippen LogP contribution in [0.5, 0.6) is 0 Å². The fourth-order valence-electron chi connectivity index (χ4n) is 2.88. The molecule has 1 aliphatic carbocycles. The normalized spacial score (nSPS) is 23.8. The maximum Gasteiger partial charge on any atom is 0.317 e. The number of likely N-dealkylation sites (tertiary alicyclic amines) is 1. The quantitative estimate of drug-likeness (QED) is 0.790. The van der Waals surface area contributed by atoms with Gasteiger partial charge in [-0.1, -0.05) is 13.8 Å². The number of amides is 2.